The summed E-state index contributed by atoms with van der Waals surface area (Å²) in [5, 5.41) is -0.567. The average Bonchev–Trinajstić information content (AvgIpc) is 3.85. The molecule has 0 radical (unpaired) electrons. The minimum absolute atomic E-state index is 0.00663. The Labute approximate surface area is 318 Å². The van der Waals surface area contributed by atoms with Gasteiger partial charge >= 0.3 is 17.9 Å². The minimum atomic E-state index is -1.29. The normalized spacial score (nSPS) is 15.4. The fourth-order valence-electron chi connectivity index (χ4n) is 5.31. The lowest BCUT2D eigenvalue weighted by Crippen LogP contribution is -2.22. The van der Waals surface area contributed by atoms with Gasteiger partial charge in [0.15, 0.2) is 11.5 Å². The van der Waals surface area contributed by atoms with Gasteiger partial charge in [-0.3, -0.25) is 0 Å². The smallest absolute Gasteiger partial charge is 0.347 e. The van der Waals surface area contributed by atoms with Crippen LogP contribution in [0.5, 0.6) is 11.5 Å². The van der Waals surface area contributed by atoms with Crippen molar-refractivity contribution in [3.05, 3.63) is 53.4 Å². The molecule has 2 atom stereocenters. The summed E-state index contributed by atoms with van der Waals surface area (Å²) in [4.78, 5) is 39.3. The summed E-state index contributed by atoms with van der Waals surface area (Å²) in [5.41, 5.74) is -0.512. The number of benzene rings is 2. The molecule has 0 saturated carbocycles. The van der Waals surface area contributed by atoms with E-state index in [1.54, 1.807) is 0 Å². The molecule has 0 N–H and O–H groups in total. The van der Waals surface area contributed by atoms with Crippen LogP contribution in [-0.2, 0) is 19.0 Å². The van der Waals surface area contributed by atoms with Crippen molar-refractivity contribution in [2.45, 2.75) is 104 Å². The maximum absolute atomic E-state index is 13.2. The highest BCUT2D eigenvalue weighted by molar-refractivity contribution is 6.46. The van der Waals surface area contributed by atoms with Crippen LogP contribution in [0, 0.1) is 11.8 Å². The number of rotatable bonds is 20. The molecule has 14 heteroatoms. The predicted octanol–water partition coefficient (Wildman–Crippen LogP) is 11.8. The molecule has 3 rings (SSSR count). The second-order valence-corrected chi connectivity index (χ2v) is 14.2. The van der Waals surface area contributed by atoms with Gasteiger partial charge in [0.25, 0.3) is 0 Å². The van der Waals surface area contributed by atoms with E-state index < -0.39 is 30.3 Å². The largest absolute Gasteiger partial charge is 0.462 e. The summed E-state index contributed by atoms with van der Waals surface area (Å²) in [7, 11) is 0. The van der Waals surface area contributed by atoms with Crippen LogP contribution in [0.3, 0.4) is 0 Å². The van der Waals surface area contributed by atoms with Crippen molar-refractivity contribution in [3.8, 4) is 11.5 Å². The van der Waals surface area contributed by atoms with Gasteiger partial charge in [0, 0.05) is 0 Å². The molecule has 0 aromatic heterocycles. The fraction of sp³-hybridized carbons (Fsp3) is 0.571. The third-order valence-corrected chi connectivity index (χ3v) is 10.7. The highest BCUT2D eigenvalue weighted by atomic mass is 35.5. The molecule has 2 aromatic carbocycles. The molecular formula is C35H42Cl6O8. The highest BCUT2D eigenvalue weighted by Crippen LogP contribution is 2.44. The van der Waals surface area contributed by atoms with Gasteiger partial charge in [-0.05, 0) is 49.7 Å². The van der Waals surface area contributed by atoms with Crippen LogP contribution in [0.2, 0.25) is 30.1 Å². The van der Waals surface area contributed by atoms with Crippen LogP contribution < -0.4 is 9.47 Å². The number of ether oxygens (including phenoxy) is 5. The summed E-state index contributed by atoms with van der Waals surface area (Å²) in [5.74, 6) is -1.91. The molecule has 1 aliphatic heterocycles. The molecular weight excluding hydrogens is 761 g/mol. The van der Waals surface area contributed by atoms with E-state index in [4.69, 9.17) is 93.3 Å². The topological polar surface area (TPSA) is 101 Å². The van der Waals surface area contributed by atoms with Crippen LogP contribution in [0.15, 0.2) is 12.1 Å². The zero-order valence-electron chi connectivity index (χ0n) is 28.0. The minimum Gasteiger partial charge on any atom is -0.462 e. The van der Waals surface area contributed by atoms with Crippen molar-refractivity contribution in [1.82, 2.24) is 0 Å². The molecule has 272 valence electrons. The zero-order valence-corrected chi connectivity index (χ0v) is 32.5. The quantitative estimate of drug-likeness (QED) is 0.0429. The van der Waals surface area contributed by atoms with E-state index in [1.807, 2.05) is 0 Å². The number of hydrogen-bond donors (Lipinski definition) is 0. The Kier molecular flexibility index (Phi) is 17.4. The first-order chi connectivity index (χ1) is 23.4. The fourth-order valence-corrected chi connectivity index (χ4v) is 6.75. The van der Waals surface area contributed by atoms with Crippen molar-refractivity contribution in [2.75, 3.05) is 13.2 Å². The maximum atomic E-state index is 13.2. The first-order valence-corrected chi connectivity index (χ1v) is 18.9. The highest BCUT2D eigenvalue weighted by Gasteiger charge is 2.51. The van der Waals surface area contributed by atoms with Crippen molar-refractivity contribution < 1.29 is 38.1 Å². The molecule has 1 heterocycles. The number of carbonyl (C=O) groups excluding carboxylic acids is 3. The Morgan fingerprint density at radius 1 is 0.653 bits per heavy atom. The van der Waals surface area contributed by atoms with E-state index in [-0.39, 0.29) is 66.0 Å². The van der Waals surface area contributed by atoms with Crippen molar-refractivity contribution in [3.63, 3.8) is 0 Å². The van der Waals surface area contributed by atoms with E-state index in [1.165, 1.54) is 12.1 Å². The van der Waals surface area contributed by atoms with Gasteiger partial charge in [0.1, 0.15) is 11.1 Å². The molecule has 2 aromatic rings. The van der Waals surface area contributed by atoms with E-state index in [0.29, 0.717) is 24.7 Å². The third kappa shape index (κ3) is 11.7. The molecule has 1 fully saturated rings. The Morgan fingerprint density at radius 3 is 1.53 bits per heavy atom. The molecule has 8 nitrogen and oxygen atoms in total. The Bertz CT molecular complexity index is 1460. The summed E-state index contributed by atoms with van der Waals surface area (Å²) < 4.78 is 27.6. The molecule has 2 unspecified atom stereocenters. The van der Waals surface area contributed by atoms with E-state index >= 15 is 0 Å². The average molecular weight is 803 g/mol. The molecule has 1 saturated heterocycles. The molecule has 49 heavy (non-hydrogen) atoms. The Morgan fingerprint density at radius 2 is 1.08 bits per heavy atom. The molecule has 0 spiro atoms. The lowest BCUT2D eigenvalue weighted by atomic mass is 9.97. The Hall–Kier alpha value is -1.65. The first kappa shape index (κ1) is 41.8. The lowest BCUT2D eigenvalue weighted by Gasteiger charge is -2.15. The predicted molar refractivity (Wildman–Crippen MR) is 194 cm³/mol. The standard InChI is InChI=1S/C35H42Cl6O8/c1-5-19(6-2)13-9-11-15-45-32(42)25-27(40)21(36)17-23(38)29(25)47-34(44)31-35(49-31)48-30-24(39)18-22(37)28(41)26(30)33(43)46-16-12-10-14-20(7-3)8-4/h17-20,31,35H,5-16H2,1-4H3. The van der Waals surface area contributed by atoms with Crippen LogP contribution >= 0.6 is 69.6 Å². The monoisotopic (exact) mass is 800 g/mol. The van der Waals surface area contributed by atoms with E-state index in [2.05, 4.69) is 27.7 Å². The summed E-state index contributed by atoms with van der Waals surface area (Å²) in [6.07, 6.45) is 6.98. The summed E-state index contributed by atoms with van der Waals surface area (Å²) in [6, 6.07) is 2.53. The molecule has 0 amide bonds. The second kappa shape index (κ2) is 20.4. The summed E-state index contributed by atoms with van der Waals surface area (Å²) >= 11 is 37.8. The number of unbranched alkanes of at least 4 members (excludes halogenated alkanes) is 2. The van der Waals surface area contributed by atoms with Crippen molar-refractivity contribution in [1.29, 1.82) is 0 Å². The van der Waals surface area contributed by atoms with E-state index in [0.717, 1.165) is 51.4 Å². The number of hydrogen-bond acceptors (Lipinski definition) is 8. The van der Waals surface area contributed by atoms with Crippen LogP contribution in [0.1, 0.15) is 113 Å². The summed E-state index contributed by atoms with van der Waals surface area (Å²) in [6.45, 7) is 8.89. The van der Waals surface area contributed by atoms with E-state index in [9.17, 15) is 14.4 Å². The van der Waals surface area contributed by atoms with Crippen LogP contribution in [0.25, 0.3) is 0 Å². The SMILES string of the molecule is CCC(CC)CCCCOC(=O)c1c(Cl)c(Cl)cc(Cl)c1OC(=O)C1OC1Oc1c(Cl)cc(Cl)c(Cl)c1C(=O)OCCCCC(CC)CC. The van der Waals surface area contributed by atoms with Gasteiger partial charge in [0.05, 0.1) is 43.3 Å². The third-order valence-electron chi connectivity index (χ3n) is 8.57. The van der Waals surface area contributed by atoms with Gasteiger partial charge in [0.2, 0.25) is 12.4 Å². The zero-order chi connectivity index (χ0) is 36.2. The molecule has 0 aliphatic carbocycles. The maximum Gasteiger partial charge on any atom is 0.347 e. The molecule has 0 bridgehead atoms. The van der Waals surface area contributed by atoms with Gasteiger partial charge in [-0.25, -0.2) is 14.4 Å². The number of halogens is 6. The van der Waals surface area contributed by atoms with Crippen molar-refractivity contribution >= 4 is 87.5 Å². The van der Waals surface area contributed by atoms with Gasteiger partial charge in [-0.1, -0.05) is 136 Å². The first-order valence-electron chi connectivity index (χ1n) is 16.6. The van der Waals surface area contributed by atoms with Gasteiger partial charge < -0.3 is 23.7 Å². The van der Waals surface area contributed by atoms with Gasteiger partial charge in [-0.15, -0.1) is 0 Å². The number of carbonyl (C=O) groups is 3. The second-order valence-electron chi connectivity index (χ2n) is 11.8. The van der Waals surface area contributed by atoms with Crippen molar-refractivity contribution in [2.24, 2.45) is 11.8 Å². The lowest BCUT2D eigenvalue weighted by molar-refractivity contribution is -0.135. The number of esters is 3. The molecule has 1 aliphatic rings. The van der Waals surface area contributed by atoms with Crippen LogP contribution in [-0.4, -0.2) is 43.5 Å². The van der Waals surface area contributed by atoms with Crippen LogP contribution in [0.4, 0.5) is 0 Å². The van der Waals surface area contributed by atoms with Gasteiger partial charge in [-0.2, -0.15) is 0 Å². The number of epoxide rings is 1. The Balaban J connectivity index is 1.67.